The summed E-state index contributed by atoms with van der Waals surface area (Å²) in [5, 5.41) is 0. The lowest BCUT2D eigenvalue weighted by atomic mass is 10.2. The van der Waals surface area contributed by atoms with Gasteiger partial charge in [0.15, 0.2) is 0 Å². The summed E-state index contributed by atoms with van der Waals surface area (Å²) in [5.74, 6) is 0.0497. The van der Waals surface area contributed by atoms with Crippen LogP contribution in [-0.4, -0.2) is 9.97 Å². The highest BCUT2D eigenvalue weighted by atomic mass is 19.4. The Hall–Kier alpha value is -2.11. The SMILES string of the molecule is Cc1cnc(Oc2cccc(C(F)(F)F)c2)nc1. The van der Waals surface area contributed by atoms with Gasteiger partial charge >= 0.3 is 12.2 Å². The molecule has 0 spiro atoms. The third-order valence-corrected chi connectivity index (χ3v) is 2.13. The van der Waals surface area contributed by atoms with Crippen molar-refractivity contribution in [1.82, 2.24) is 9.97 Å². The van der Waals surface area contributed by atoms with Crippen LogP contribution in [0.15, 0.2) is 36.7 Å². The number of alkyl halides is 3. The molecule has 18 heavy (non-hydrogen) atoms. The highest BCUT2D eigenvalue weighted by Gasteiger charge is 2.30. The first-order valence-electron chi connectivity index (χ1n) is 5.09. The quantitative estimate of drug-likeness (QED) is 0.821. The molecule has 0 saturated heterocycles. The molecular weight excluding hydrogens is 245 g/mol. The first-order chi connectivity index (χ1) is 8.45. The molecular formula is C12H9F3N2O. The molecule has 6 heteroatoms. The number of aromatic nitrogens is 2. The monoisotopic (exact) mass is 254 g/mol. The second kappa shape index (κ2) is 4.64. The van der Waals surface area contributed by atoms with Crippen LogP contribution in [-0.2, 0) is 6.18 Å². The Morgan fingerprint density at radius 1 is 1.11 bits per heavy atom. The van der Waals surface area contributed by atoms with Gasteiger partial charge in [-0.1, -0.05) is 6.07 Å². The Balaban J connectivity index is 2.22. The first kappa shape index (κ1) is 12.3. The van der Waals surface area contributed by atoms with Gasteiger partial charge in [-0.2, -0.15) is 13.2 Å². The van der Waals surface area contributed by atoms with Crippen molar-refractivity contribution in [3.63, 3.8) is 0 Å². The summed E-state index contributed by atoms with van der Waals surface area (Å²) in [4.78, 5) is 7.70. The molecule has 0 fully saturated rings. The third kappa shape index (κ3) is 2.97. The van der Waals surface area contributed by atoms with Gasteiger partial charge in [-0.3, -0.25) is 0 Å². The lowest BCUT2D eigenvalue weighted by molar-refractivity contribution is -0.137. The molecule has 0 aliphatic rings. The van der Waals surface area contributed by atoms with Gasteiger partial charge in [-0.25, -0.2) is 9.97 Å². The number of ether oxygens (including phenoxy) is 1. The highest BCUT2D eigenvalue weighted by molar-refractivity contribution is 5.31. The minimum Gasteiger partial charge on any atom is -0.424 e. The summed E-state index contributed by atoms with van der Waals surface area (Å²) in [7, 11) is 0. The molecule has 2 rings (SSSR count). The van der Waals surface area contributed by atoms with Crippen LogP contribution in [0.3, 0.4) is 0 Å². The number of nitrogens with zero attached hydrogens (tertiary/aromatic N) is 2. The molecule has 94 valence electrons. The maximum atomic E-state index is 12.5. The molecule has 1 aromatic heterocycles. The second-order valence-corrected chi connectivity index (χ2v) is 3.67. The maximum absolute atomic E-state index is 12.5. The van der Waals surface area contributed by atoms with Gasteiger partial charge in [0, 0.05) is 12.4 Å². The van der Waals surface area contributed by atoms with Gasteiger partial charge in [0.1, 0.15) is 5.75 Å². The Bertz CT molecular complexity index is 538. The van der Waals surface area contributed by atoms with E-state index in [9.17, 15) is 13.2 Å². The minimum absolute atomic E-state index is 0.0138. The van der Waals surface area contributed by atoms with Crippen molar-refractivity contribution in [3.8, 4) is 11.8 Å². The van der Waals surface area contributed by atoms with E-state index in [0.717, 1.165) is 17.7 Å². The summed E-state index contributed by atoms with van der Waals surface area (Å²) < 4.78 is 42.6. The van der Waals surface area contributed by atoms with E-state index in [1.54, 1.807) is 6.92 Å². The number of aryl methyl sites for hydroxylation is 1. The Kier molecular flexibility index (Phi) is 3.18. The lowest BCUT2D eigenvalue weighted by Gasteiger charge is -2.08. The fraction of sp³-hybridized carbons (Fsp3) is 0.167. The van der Waals surface area contributed by atoms with Crippen LogP contribution in [0.4, 0.5) is 13.2 Å². The topological polar surface area (TPSA) is 35.0 Å². The first-order valence-corrected chi connectivity index (χ1v) is 5.09. The summed E-state index contributed by atoms with van der Waals surface area (Å²) in [6, 6.07) is 4.58. The van der Waals surface area contributed by atoms with Crippen LogP contribution in [0.25, 0.3) is 0 Å². The zero-order chi connectivity index (χ0) is 13.2. The number of hydrogen-bond acceptors (Lipinski definition) is 3. The van der Waals surface area contributed by atoms with Crippen LogP contribution >= 0.6 is 0 Å². The van der Waals surface area contributed by atoms with Gasteiger partial charge < -0.3 is 4.74 Å². The molecule has 0 bridgehead atoms. The van der Waals surface area contributed by atoms with Crippen LogP contribution < -0.4 is 4.74 Å². The molecule has 1 aromatic carbocycles. The molecule has 0 radical (unpaired) electrons. The molecule has 0 unspecified atom stereocenters. The average Bonchev–Trinajstić information content (AvgIpc) is 2.31. The van der Waals surface area contributed by atoms with Gasteiger partial charge in [-0.05, 0) is 30.7 Å². The number of hydrogen-bond donors (Lipinski definition) is 0. The number of benzene rings is 1. The van der Waals surface area contributed by atoms with E-state index in [0.29, 0.717) is 0 Å². The Labute approximate surface area is 101 Å². The molecule has 1 heterocycles. The van der Waals surface area contributed by atoms with Crippen LogP contribution in [0.5, 0.6) is 11.8 Å². The Morgan fingerprint density at radius 3 is 2.39 bits per heavy atom. The standard InChI is InChI=1S/C12H9F3N2O/c1-8-6-16-11(17-7-8)18-10-4-2-3-9(5-10)12(13,14)15/h2-7H,1H3. The summed E-state index contributed by atoms with van der Waals surface area (Å²) >= 11 is 0. The zero-order valence-corrected chi connectivity index (χ0v) is 9.40. The fourth-order valence-corrected chi connectivity index (χ4v) is 1.27. The van der Waals surface area contributed by atoms with Gasteiger partial charge in [-0.15, -0.1) is 0 Å². The van der Waals surface area contributed by atoms with E-state index in [1.807, 2.05) is 0 Å². The summed E-state index contributed by atoms with van der Waals surface area (Å²) in [6.07, 6.45) is -1.35. The molecule has 0 aliphatic carbocycles. The van der Waals surface area contributed by atoms with Crippen LogP contribution in [0, 0.1) is 6.92 Å². The number of rotatable bonds is 2. The van der Waals surface area contributed by atoms with Crippen molar-refractivity contribution >= 4 is 0 Å². The molecule has 0 amide bonds. The van der Waals surface area contributed by atoms with E-state index in [4.69, 9.17) is 4.74 Å². The van der Waals surface area contributed by atoms with Crippen LogP contribution in [0.2, 0.25) is 0 Å². The van der Waals surface area contributed by atoms with E-state index in [-0.39, 0.29) is 11.8 Å². The maximum Gasteiger partial charge on any atom is 0.416 e. The van der Waals surface area contributed by atoms with Crippen molar-refractivity contribution in [2.24, 2.45) is 0 Å². The lowest BCUT2D eigenvalue weighted by Crippen LogP contribution is -2.04. The molecule has 0 saturated carbocycles. The summed E-state index contributed by atoms with van der Waals surface area (Å²) in [5.41, 5.74) is 0.0681. The highest BCUT2D eigenvalue weighted by Crippen LogP contribution is 2.32. The predicted octanol–water partition coefficient (Wildman–Crippen LogP) is 3.60. The van der Waals surface area contributed by atoms with E-state index >= 15 is 0 Å². The molecule has 3 nitrogen and oxygen atoms in total. The minimum atomic E-state index is -4.40. The van der Waals surface area contributed by atoms with Crippen molar-refractivity contribution in [3.05, 3.63) is 47.8 Å². The average molecular weight is 254 g/mol. The van der Waals surface area contributed by atoms with Gasteiger partial charge in [0.05, 0.1) is 5.56 Å². The molecule has 0 aliphatic heterocycles. The second-order valence-electron chi connectivity index (χ2n) is 3.67. The largest absolute Gasteiger partial charge is 0.424 e. The van der Waals surface area contributed by atoms with E-state index < -0.39 is 11.7 Å². The Morgan fingerprint density at radius 2 is 1.78 bits per heavy atom. The van der Waals surface area contributed by atoms with Crippen molar-refractivity contribution in [2.45, 2.75) is 13.1 Å². The van der Waals surface area contributed by atoms with Crippen molar-refractivity contribution in [1.29, 1.82) is 0 Å². The molecule has 0 atom stereocenters. The number of halogens is 3. The van der Waals surface area contributed by atoms with Crippen molar-refractivity contribution < 1.29 is 17.9 Å². The van der Waals surface area contributed by atoms with E-state index in [1.165, 1.54) is 24.5 Å². The fourth-order valence-electron chi connectivity index (χ4n) is 1.27. The van der Waals surface area contributed by atoms with Crippen LogP contribution in [0.1, 0.15) is 11.1 Å². The summed E-state index contributed by atoms with van der Waals surface area (Å²) in [6.45, 7) is 1.80. The zero-order valence-electron chi connectivity index (χ0n) is 9.40. The molecule has 2 aromatic rings. The van der Waals surface area contributed by atoms with Gasteiger partial charge in [0.2, 0.25) is 0 Å². The smallest absolute Gasteiger partial charge is 0.416 e. The van der Waals surface area contributed by atoms with Crippen molar-refractivity contribution in [2.75, 3.05) is 0 Å². The normalized spacial score (nSPS) is 11.3. The third-order valence-electron chi connectivity index (χ3n) is 2.13. The van der Waals surface area contributed by atoms with E-state index in [2.05, 4.69) is 9.97 Å². The predicted molar refractivity (Wildman–Crippen MR) is 58.3 cm³/mol. The van der Waals surface area contributed by atoms with Gasteiger partial charge in [0.25, 0.3) is 0 Å². The molecule has 0 N–H and O–H groups in total.